The lowest BCUT2D eigenvalue weighted by Crippen LogP contribution is -2.31. The Bertz CT molecular complexity index is 561. The Morgan fingerprint density at radius 1 is 1.35 bits per heavy atom. The number of aromatic nitrogens is 3. The van der Waals surface area contributed by atoms with Crippen LogP contribution < -0.4 is 11.3 Å². The highest BCUT2D eigenvalue weighted by molar-refractivity contribution is 5.26. The summed E-state index contributed by atoms with van der Waals surface area (Å²) in [6.45, 7) is 7.25. The van der Waals surface area contributed by atoms with Gasteiger partial charge in [-0.25, -0.2) is 4.98 Å². The second-order valence-corrected chi connectivity index (χ2v) is 5.18. The lowest BCUT2D eigenvalue weighted by molar-refractivity contribution is 0.504. The van der Waals surface area contributed by atoms with Gasteiger partial charge < -0.3 is 4.57 Å². The SMILES string of the molecule is CCCn1ccnc1CC(NN)c1ncc(C)cc1C. The zero-order valence-corrected chi connectivity index (χ0v) is 12.4. The van der Waals surface area contributed by atoms with Gasteiger partial charge in [0.2, 0.25) is 0 Å². The molecule has 0 saturated heterocycles. The van der Waals surface area contributed by atoms with Crippen LogP contribution >= 0.6 is 0 Å². The molecule has 1 atom stereocenters. The van der Waals surface area contributed by atoms with Crippen LogP contribution in [0.15, 0.2) is 24.7 Å². The van der Waals surface area contributed by atoms with Crippen LogP contribution in [0.25, 0.3) is 0 Å². The summed E-state index contributed by atoms with van der Waals surface area (Å²) >= 11 is 0. The Kier molecular flexibility index (Phi) is 4.87. The van der Waals surface area contributed by atoms with E-state index in [1.807, 2.05) is 25.5 Å². The molecule has 0 aliphatic rings. The second-order valence-electron chi connectivity index (χ2n) is 5.18. The zero-order chi connectivity index (χ0) is 14.5. The lowest BCUT2D eigenvalue weighted by atomic mass is 10.0. The van der Waals surface area contributed by atoms with E-state index in [0.29, 0.717) is 0 Å². The molecule has 2 rings (SSSR count). The monoisotopic (exact) mass is 273 g/mol. The van der Waals surface area contributed by atoms with Crippen LogP contribution in [-0.2, 0) is 13.0 Å². The Morgan fingerprint density at radius 2 is 2.15 bits per heavy atom. The van der Waals surface area contributed by atoms with Crippen LogP contribution in [0.2, 0.25) is 0 Å². The molecule has 0 spiro atoms. The molecule has 0 saturated carbocycles. The maximum Gasteiger partial charge on any atom is 0.110 e. The Labute approximate surface area is 120 Å². The molecule has 2 aromatic rings. The summed E-state index contributed by atoms with van der Waals surface area (Å²) in [7, 11) is 0. The number of nitrogens with two attached hydrogens (primary N) is 1. The molecule has 0 aliphatic carbocycles. The lowest BCUT2D eigenvalue weighted by Gasteiger charge is -2.18. The van der Waals surface area contributed by atoms with Crippen LogP contribution in [0.3, 0.4) is 0 Å². The average Bonchev–Trinajstić information content (AvgIpc) is 2.84. The van der Waals surface area contributed by atoms with E-state index in [-0.39, 0.29) is 6.04 Å². The van der Waals surface area contributed by atoms with Crippen molar-refractivity contribution in [3.8, 4) is 0 Å². The number of aryl methyl sites for hydroxylation is 3. The van der Waals surface area contributed by atoms with Crippen LogP contribution in [0, 0.1) is 13.8 Å². The van der Waals surface area contributed by atoms with Crippen molar-refractivity contribution in [3.05, 3.63) is 47.3 Å². The molecule has 20 heavy (non-hydrogen) atoms. The van der Waals surface area contributed by atoms with Crippen LogP contribution in [0.5, 0.6) is 0 Å². The van der Waals surface area contributed by atoms with E-state index >= 15 is 0 Å². The highest BCUT2D eigenvalue weighted by Gasteiger charge is 2.17. The predicted molar refractivity (Wildman–Crippen MR) is 80.0 cm³/mol. The molecule has 0 aromatic carbocycles. The van der Waals surface area contributed by atoms with Gasteiger partial charge in [-0.05, 0) is 31.4 Å². The number of pyridine rings is 1. The van der Waals surface area contributed by atoms with Gasteiger partial charge in [-0.2, -0.15) is 0 Å². The van der Waals surface area contributed by atoms with E-state index in [0.717, 1.165) is 42.0 Å². The molecular weight excluding hydrogens is 250 g/mol. The van der Waals surface area contributed by atoms with Crippen LogP contribution in [0.1, 0.15) is 42.0 Å². The van der Waals surface area contributed by atoms with Gasteiger partial charge in [0.15, 0.2) is 0 Å². The van der Waals surface area contributed by atoms with Gasteiger partial charge >= 0.3 is 0 Å². The topological polar surface area (TPSA) is 68.8 Å². The summed E-state index contributed by atoms with van der Waals surface area (Å²) in [5.41, 5.74) is 6.18. The molecule has 0 bridgehead atoms. The number of nitrogens with one attached hydrogen (secondary N) is 1. The number of imidazole rings is 1. The smallest absolute Gasteiger partial charge is 0.110 e. The fraction of sp³-hybridized carbons (Fsp3) is 0.467. The van der Waals surface area contributed by atoms with Gasteiger partial charge in [0.1, 0.15) is 5.82 Å². The molecule has 5 nitrogen and oxygen atoms in total. The summed E-state index contributed by atoms with van der Waals surface area (Å²) in [6.07, 6.45) is 7.56. The van der Waals surface area contributed by atoms with E-state index in [4.69, 9.17) is 5.84 Å². The standard InChI is InChI=1S/C15H23N5/c1-4-6-20-7-5-17-14(20)9-13(19-16)15-12(3)8-11(2)10-18-15/h5,7-8,10,13,19H,4,6,9,16H2,1-3H3. The number of hydrazine groups is 1. The third-order valence-corrected chi connectivity index (χ3v) is 3.44. The van der Waals surface area contributed by atoms with Crippen molar-refractivity contribution in [2.45, 2.75) is 46.2 Å². The first kappa shape index (κ1) is 14.7. The average molecular weight is 273 g/mol. The molecule has 3 N–H and O–H groups in total. The van der Waals surface area contributed by atoms with Crippen molar-refractivity contribution in [3.63, 3.8) is 0 Å². The maximum absolute atomic E-state index is 5.73. The van der Waals surface area contributed by atoms with Gasteiger partial charge in [0, 0.05) is 31.6 Å². The molecular formula is C15H23N5. The first-order valence-corrected chi connectivity index (χ1v) is 7.05. The first-order chi connectivity index (χ1) is 9.65. The maximum atomic E-state index is 5.73. The van der Waals surface area contributed by atoms with E-state index < -0.39 is 0 Å². The van der Waals surface area contributed by atoms with Crippen molar-refractivity contribution in [1.29, 1.82) is 0 Å². The normalized spacial score (nSPS) is 12.6. The third kappa shape index (κ3) is 3.23. The Morgan fingerprint density at radius 3 is 2.80 bits per heavy atom. The molecule has 108 valence electrons. The van der Waals surface area contributed by atoms with Gasteiger partial charge in [0.05, 0.1) is 11.7 Å². The van der Waals surface area contributed by atoms with E-state index in [2.05, 4.69) is 39.9 Å². The number of nitrogens with zero attached hydrogens (tertiary/aromatic N) is 3. The summed E-state index contributed by atoms with van der Waals surface area (Å²) in [5.74, 6) is 6.76. The minimum absolute atomic E-state index is 0.0198. The van der Waals surface area contributed by atoms with Gasteiger partial charge in [0.25, 0.3) is 0 Å². The molecule has 2 heterocycles. The summed E-state index contributed by atoms with van der Waals surface area (Å²) < 4.78 is 2.17. The van der Waals surface area contributed by atoms with Crippen molar-refractivity contribution in [2.75, 3.05) is 0 Å². The van der Waals surface area contributed by atoms with Gasteiger partial charge in [-0.1, -0.05) is 13.0 Å². The minimum Gasteiger partial charge on any atom is -0.335 e. The van der Waals surface area contributed by atoms with E-state index in [9.17, 15) is 0 Å². The number of hydrogen-bond donors (Lipinski definition) is 2. The molecule has 5 heteroatoms. The van der Waals surface area contributed by atoms with Crippen molar-refractivity contribution < 1.29 is 0 Å². The molecule has 0 amide bonds. The van der Waals surface area contributed by atoms with Crippen molar-refractivity contribution in [1.82, 2.24) is 20.0 Å². The molecule has 0 aliphatic heterocycles. The fourth-order valence-corrected chi connectivity index (χ4v) is 2.48. The Balaban J connectivity index is 2.22. The number of hydrogen-bond acceptors (Lipinski definition) is 4. The summed E-state index contributed by atoms with van der Waals surface area (Å²) in [4.78, 5) is 8.96. The Hall–Kier alpha value is -1.72. The van der Waals surface area contributed by atoms with Crippen LogP contribution in [-0.4, -0.2) is 14.5 Å². The largest absolute Gasteiger partial charge is 0.335 e. The van der Waals surface area contributed by atoms with Crippen molar-refractivity contribution in [2.24, 2.45) is 5.84 Å². The van der Waals surface area contributed by atoms with Crippen LogP contribution in [0.4, 0.5) is 0 Å². The first-order valence-electron chi connectivity index (χ1n) is 7.05. The van der Waals surface area contributed by atoms with Crippen molar-refractivity contribution >= 4 is 0 Å². The quantitative estimate of drug-likeness (QED) is 0.624. The van der Waals surface area contributed by atoms with Gasteiger partial charge in [-0.3, -0.25) is 16.3 Å². The molecule has 0 fully saturated rings. The van der Waals surface area contributed by atoms with E-state index in [1.54, 1.807) is 0 Å². The summed E-state index contributed by atoms with van der Waals surface area (Å²) in [6, 6.07) is 2.11. The fourth-order valence-electron chi connectivity index (χ4n) is 2.48. The molecule has 2 aromatic heterocycles. The highest BCUT2D eigenvalue weighted by Crippen LogP contribution is 2.19. The van der Waals surface area contributed by atoms with Gasteiger partial charge in [-0.15, -0.1) is 0 Å². The van der Waals surface area contributed by atoms with E-state index in [1.165, 1.54) is 0 Å². The highest BCUT2D eigenvalue weighted by atomic mass is 15.2. The number of rotatable bonds is 6. The molecule has 1 unspecified atom stereocenters. The predicted octanol–water partition coefficient (Wildman–Crippen LogP) is 2.05. The second kappa shape index (κ2) is 6.63. The summed E-state index contributed by atoms with van der Waals surface area (Å²) in [5, 5.41) is 0. The molecule has 0 radical (unpaired) electrons. The third-order valence-electron chi connectivity index (χ3n) is 3.44. The zero-order valence-electron chi connectivity index (χ0n) is 12.4. The minimum atomic E-state index is -0.0198.